The zero-order valence-electron chi connectivity index (χ0n) is 11.0. The van der Waals surface area contributed by atoms with Crippen LogP contribution in [0.15, 0.2) is 53.6 Å². The summed E-state index contributed by atoms with van der Waals surface area (Å²) in [6, 6.07) is 10.1. The Bertz CT molecular complexity index is 680. The van der Waals surface area contributed by atoms with E-state index in [0.29, 0.717) is 11.3 Å². The van der Waals surface area contributed by atoms with Gasteiger partial charge in [0.2, 0.25) is 0 Å². The molecule has 114 valence electrons. The van der Waals surface area contributed by atoms with Crippen molar-refractivity contribution in [1.82, 2.24) is 0 Å². The van der Waals surface area contributed by atoms with Gasteiger partial charge in [-0.15, -0.1) is 0 Å². The molecule has 2 rings (SSSR count). The molecule has 0 atom stereocenters. The number of alkyl halides is 3. The van der Waals surface area contributed by atoms with Gasteiger partial charge in [0.15, 0.2) is 0 Å². The Hall–Kier alpha value is -2.90. The van der Waals surface area contributed by atoms with Crippen LogP contribution in [0, 0.1) is 10.1 Å². The first-order valence-corrected chi connectivity index (χ1v) is 6.07. The summed E-state index contributed by atoms with van der Waals surface area (Å²) in [6.45, 7) is 0. The molecular formula is C14H10F3N3O2. The van der Waals surface area contributed by atoms with Gasteiger partial charge in [-0.05, 0) is 29.8 Å². The number of benzene rings is 2. The van der Waals surface area contributed by atoms with E-state index in [0.717, 1.165) is 12.1 Å². The highest BCUT2D eigenvalue weighted by atomic mass is 19.4. The predicted molar refractivity (Wildman–Crippen MR) is 75.8 cm³/mol. The molecule has 0 aromatic heterocycles. The first-order valence-electron chi connectivity index (χ1n) is 6.07. The lowest BCUT2D eigenvalue weighted by Gasteiger charge is -2.05. The zero-order valence-corrected chi connectivity index (χ0v) is 11.0. The van der Waals surface area contributed by atoms with Crippen LogP contribution in [0.4, 0.5) is 24.5 Å². The highest BCUT2D eigenvalue weighted by Crippen LogP contribution is 2.28. The van der Waals surface area contributed by atoms with E-state index in [1.54, 1.807) is 0 Å². The minimum atomic E-state index is -4.37. The Balaban J connectivity index is 1.99. The third-order valence-corrected chi connectivity index (χ3v) is 2.72. The fraction of sp³-hybridized carbons (Fsp3) is 0.0714. The molecule has 0 bridgehead atoms. The summed E-state index contributed by atoms with van der Waals surface area (Å²) in [5.74, 6) is 0. The van der Waals surface area contributed by atoms with E-state index >= 15 is 0 Å². The molecule has 0 saturated carbocycles. The van der Waals surface area contributed by atoms with E-state index in [2.05, 4.69) is 10.5 Å². The van der Waals surface area contributed by atoms with Gasteiger partial charge in [0.1, 0.15) is 0 Å². The Labute approximate surface area is 123 Å². The average molecular weight is 309 g/mol. The van der Waals surface area contributed by atoms with Crippen molar-refractivity contribution in [2.75, 3.05) is 5.43 Å². The highest BCUT2D eigenvalue weighted by molar-refractivity contribution is 5.80. The molecule has 0 saturated heterocycles. The maximum Gasteiger partial charge on any atom is 0.416 e. The van der Waals surface area contributed by atoms with Gasteiger partial charge in [-0.25, -0.2) is 0 Å². The van der Waals surface area contributed by atoms with Crippen molar-refractivity contribution in [1.29, 1.82) is 0 Å². The molecule has 0 fully saturated rings. The molecule has 5 nitrogen and oxygen atoms in total. The number of anilines is 1. The lowest BCUT2D eigenvalue weighted by molar-refractivity contribution is -0.384. The van der Waals surface area contributed by atoms with Crippen LogP contribution in [0.25, 0.3) is 0 Å². The first kappa shape index (κ1) is 15.5. The summed E-state index contributed by atoms with van der Waals surface area (Å²) in [5.41, 5.74) is 2.87. The van der Waals surface area contributed by atoms with E-state index in [1.807, 2.05) is 0 Å². The summed E-state index contributed by atoms with van der Waals surface area (Å²) in [6.07, 6.45) is -3.02. The van der Waals surface area contributed by atoms with Gasteiger partial charge in [-0.3, -0.25) is 15.5 Å². The van der Waals surface area contributed by atoms with Gasteiger partial charge in [0.25, 0.3) is 5.69 Å². The van der Waals surface area contributed by atoms with Crippen molar-refractivity contribution in [2.45, 2.75) is 6.18 Å². The number of rotatable bonds is 4. The lowest BCUT2D eigenvalue weighted by atomic mass is 10.1. The van der Waals surface area contributed by atoms with Crippen molar-refractivity contribution >= 4 is 17.6 Å². The summed E-state index contributed by atoms with van der Waals surface area (Å²) < 4.78 is 37.2. The first-order chi connectivity index (χ1) is 10.4. The molecule has 0 aliphatic carbocycles. The molecule has 0 unspecified atom stereocenters. The third-order valence-electron chi connectivity index (χ3n) is 2.72. The maximum atomic E-state index is 12.4. The standard InChI is InChI=1S/C14H10F3N3O2/c15-14(16,17)11-3-1-10(2-4-11)9-18-19-12-5-7-13(8-6-12)20(21)22/h1-9,19H. The Morgan fingerprint density at radius 3 is 2.14 bits per heavy atom. The number of hydrazone groups is 1. The molecule has 0 aliphatic rings. The van der Waals surface area contributed by atoms with Crippen molar-refractivity contribution < 1.29 is 18.1 Å². The number of hydrogen-bond donors (Lipinski definition) is 1. The molecule has 1 N–H and O–H groups in total. The number of halogens is 3. The van der Waals surface area contributed by atoms with Crippen LogP contribution in [0.2, 0.25) is 0 Å². The van der Waals surface area contributed by atoms with Crippen LogP contribution in [-0.2, 0) is 6.18 Å². The number of hydrogen-bond acceptors (Lipinski definition) is 4. The van der Waals surface area contributed by atoms with Gasteiger partial charge >= 0.3 is 6.18 Å². The monoisotopic (exact) mass is 309 g/mol. The van der Waals surface area contributed by atoms with Crippen LogP contribution in [0.5, 0.6) is 0 Å². The second-order valence-electron chi connectivity index (χ2n) is 4.29. The summed E-state index contributed by atoms with van der Waals surface area (Å²) in [7, 11) is 0. The molecule has 0 aliphatic heterocycles. The second kappa shape index (κ2) is 6.25. The molecule has 2 aromatic rings. The summed E-state index contributed by atoms with van der Waals surface area (Å²) in [4.78, 5) is 9.97. The minimum Gasteiger partial charge on any atom is -0.278 e. The van der Waals surface area contributed by atoms with Crippen LogP contribution >= 0.6 is 0 Å². The van der Waals surface area contributed by atoms with E-state index in [-0.39, 0.29) is 5.69 Å². The molecule has 0 radical (unpaired) electrons. The minimum absolute atomic E-state index is 0.0442. The Morgan fingerprint density at radius 1 is 1.05 bits per heavy atom. The maximum absolute atomic E-state index is 12.4. The van der Waals surface area contributed by atoms with Gasteiger partial charge in [0, 0.05) is 12.1 Å². The van der Waals surface area contributed by atoms with Gasteiger partial charge in [-0.1, -0.05) is 12.1 Å². The van der Waals surface area contributed by atoms with Crippen LogP contribution < -0.4 is 5.43 Å². The van der Waals surface area contributed by atoms with Gasteiger partial charge < -0.3 is 0 Å². The van der Waals surface area contributed by atoms with Crippen LogP contribution in [0.3, 0.4) is 0 Å². The van der Waals surface area contributed by atoms with E-state index in [4.69, 9.17) is 0 Å². The molecule has 22 heavy (non-hydrogen) atoms. The quantitative estimate of drug-likeness (QED) is 0.526. The third kappa shape index (κ3) is 4.05. The number of nitro benzene ring substituents is 1. The number of nitrogens with zero attached hydrogens (tertiary/aromatic N) is 2. The summed E-state index contributed by atoms with van der Waals surface area (Å²) in [5, 5.41) is 14.3. The number of non-ortho nitro benzene ring substituents is 1. The number of nitrogens with one attached hydrogen (secondary N) is 1. The van der Waals surface area contributed by atoms with Crippen molar-refractivity contribution in [2.24, 2.45) is 5.10 Å². The Morgan fingerprint density at radius 2 is 1.64 bits per heavy atom. The molecule has 0 heterocycles. The van der Waals surface area contributed by atoms with Crippen molar-refractivity contribution in [3.05, 3.63) is 69.8 Å². The van der Waals surface area contributed by atoms with E-state index in [9.17, 15) is 23.3 Å². The van der Waals surface area contributed by atoms with Crippen molar-refractivity contribution in [3.63, 3.8) is 0 Å². The normalized spacial score (nSPS) is 11.6. The number of nitro groups is 1. The molecule has 8 heteroatoms. The predicted octanol–water partition coefficient (Wildman–Crippen LogP) is 4.06. The molecule has 0 spiro atoms. The SMILES string of the molecule is O=[N+]([O-])c1ccc(NN=Cc2ccc(C(F)(F)F)cc2)cc1. The largest absolute Gasteiger partial charge is 0.416 e. The van der Waals surface area contributed by atoms with Crippen LogP contribution in [0.1, 0.15) is 11.1 Å². The fourth-order valence-corrected chi connectivity index (χ4v) is 1.60. The second-order valence-corrected chi connectivity index (χ2v) is 4.29. The average Bonchev–Trinajstić information content (AvgIpc) is 2.47. The smallest absolute Gasteiger partial charge is 0.278 e. The van der Waals surface area contributed by atoms with Gasteiger partial charge in [0.05, 0.1) is 22.4 Å². The van der Waals surface area contributed by atoms with E-state index in [1.165, 1.54) is 42.6 Å². The molecule has 0 amide bonds. The fourth-order valence-electron chi connectivity index (χ4n) is 1.60. The Kier molecular flexibility index (Phi) is 4.40. The van der Waals surface area contributed by atoms with Crippen molar-refractivity contribution in [3.8, 4) is 0 Å². The zero-order chi connectivity index (χ0) is 16.2. The van der Waals surface area contributed by atoms with E-state index < -0.39 is 16.7 Å². The van der Waals surface area contributed by atoms with Crippen LogP contribution in [-0.4, -0.2) is 11.1 Å². The topological polar surface area (TPSA) is 67.5 Å². The van der Waals surface area contributed by atoms with Gasteiger partial charge in [-0.2, -0.15) is 18.3 Å². The highest BCUT2D eigenvalue weighted by Gasteiger charge is 2.29. The lowest BCUT2D eigenvalue weighted by Crippen LogP contribution is -2.04. The molecule has 2 aromatic carbocycles. The molecular weight excluding hydrogens is 299 g/mol. The summed E-state index contributed by atoms with van der Waals surface area (Å²) >= 11 is 0.